The molecule has 1 heterocycles. The van der Waals surface area contributed by atoms with Crippen molar-refractivity contribution in [3.63, 3.8) is 0 Å². The van der Waals surface area contributed by atoms with Gasteiger partial charge in [-0.15, -0.1) is 11.3 Å². The summed E-state index contributed by atoms with van der Waals surface area (Å²) in [5.41, 5.74) is 4.65. The van der Waals surface area contributed by atoms with Crippen LogP contribution in [0.4, 0.5) is 9.39 Å². The molecule has 2 N–H and O–H groups in total. The number of carbonyl (C=O) groups excluding carboxylic acids is 2. The number of hydrogen-bond donors (Lipinski definition) is 2. The molecule has 1 aliphatic rings. The van der Waals surface area contributed by atoms with E-state index in [0.29, 0.717) is 10.6 Å². The maximum absolute atomic E-state index is 13.9. The zero-order chi connectivity index (χ0) is 19.4. The number of anilines is 1. The first-order chi connectivity index (χ1) is 13.0. The van der Waals surface area contributed by atoms with Crippen molar-refractivity contribution < 1.29 is 14.0 Å². The van der Waals surface area contributed by atoms with E-state index in [1.165, 1.54) is 29.5 Å². The molecule has 2 aromatic rings. The molecule has 0 radical (unpaired) electrons. The summed E-state index contributed by atoms with van der Waals surface area (Å²) in [4.78, 5) is 26.4. The molecule has 0 spiro atoms. The number of fused-ring (bicyclic) bond motifs is 1. The lowest BCUT2D eigenvalue weighted by Gasteiger charge is -2.09. The van der Waals surface area contributed by atoms with E-state index in [1.54, 1.807) is 19.9 Å². The van der Waals surface area contributed by atoms with Gasteiger partial charge in [0.05, 0.1) is 11.1 Å². The molecule has 1 aromatic heterocycles. The quantitative estimate of drug-likeness (QED) is 0.459. The number of rotatable bonds is 4. The van der Waals surface area contributed by atoms with Gasteiger partial charge in [0.2, 0.25) is 0 Å². The van der Waals surface area contributed by atoms with Crippen molar-refractivity contribution in [2.24, 2.45) is 5.10 Å². The van der Waals surface area contributed by atoms with Gasteiger partial charge in [0.1, 0.15) is 10.8 Å². The summed E-state index contributed by atoms with van der Waals surface area (Å²) in [6, 6.07) is 5.80. The summed E-state index contributed by atoms with van der Waals surface area (Å²) in [5, 5.41) is 7.19. The average molecular weight is 387 g/mol. The summed E-state index contributed by atoms with van der Waals surface area (Å²) in [6.45, 7) is 3.57. The molecular weight excluding hydrogens is 365 g/mol. The van der Waals surface area contributed by atoms with Gasteiger partial charge in [-0.2, -0.15) is 5.10 Å². The minimum absolute atomic E-state index is 0.0464. The van der Waals surface area contributed by atoms with Gasteiger partial charge in [-0.1, -0.05) is 18.6 Å². The van der Waals surface area contributed by atoms with Gasteiger partial charge >= 0.3 is 0 Å². The van der Waals surface area contributed by atoms with Crippen molar-refractivity contribution in [3.8, 4) is 0 Å². The summed E-state index contributed by atoms with van der Waals surface area (Å²) >= 11 is 1.40. The molecule has 2 amide bonds. The zero-order valence-corrected chi connectivity index (χ0v) is 16.2. The van der Waals surface area contributed by atoms with Crippen molar-refractivity contribution in [1.29, 1.82) is 0 Å². The number of nitrogens with zero attached hydrogens (tertiary/aromatic N) is 1. The highest BCUT2D eigenvalue weighted by Gasteiger charge is 2.26. The van der Waals surface area contributed by atoms with Crippen LogP contribution in [-0.2, 0) is 12.8 Å². The van der Waals surface area contributed by atoms with E-state index in [1.807, 2.05) is 0 Å². The fourth-order valence-corrected chi connectivity index (χ4v) is 4.39. The maximum atomic E-state index is 13.9. The van der Waals surface area contributed by atoms with Crippen molar-refractivity contribution in [3.05, 3.63) is 51.7 Å². The van der Waals surface area contributed by atoms with Gasteiger partial charge in [-0.3, -0.25) is 9.59 Å². The summed E-state index contributed by atoms with van der Waals surface area (Å²) in [5.74, 6) is -1.50. The average Bonchev–Trinajstić information content (AvgIpc) is 2.81. The normalized spacial score (nSPS) is 13.3. The van der Waals surface area contributed by atoms with E-state index in [2.05, 4.69) is 15.8 Å². The summed E-state index contributed by atoms with van der Waals surface area (Å²) in [6.07, 6.45) is 4.85. The number of carbonyl (C=O) groups is 2. The van der Waals surface area contributed by atoms with E-state index in [-0.39, 0.29) is 11.5 Å². The van der Waals surface area contributed by atoms with Crippen LogP contribution in [-0.4, -0.2) is 17.5 Å². The first kappa shape index (κ1) is 19.2. The molecule has 0 fully saturated rings. The van der Waals surface area contributed by atoms with Crippen LogP contribution in [0.5, 0.6) is 0 Å². The number of aryl methyl sites for hydroxylation is 1. The Morgan fingerprint density at radius 3 is 2.56 bits per heavy atom. The molecule has 1 aromatic carbocycles. The van der Waals surface area contributed by atoms with E-state index in [4.69, 9.17) is 0 Å². The molecule has 0 unspecified atom stereocenters. The van der Waals surface area contributed by atoms with Gasteiger partial charge in [0.25, 0.3) is 11.8 Å². The second kappa shape index (κ2) is 8.43. The molecule has 27 heavy (non-hydrogen) atoms. The lowest BCUT2D eigenvalue weighted by molar-refractivity contribution is 0.0955. The number of hydrogen-bond acceptors (Lipinski definition) is 4. The molecule has 0 atom stereocenters. The fourth-order valence-electron chi connectivity index (χ4n) is 3.11. The molecule has 1 aliphatic carbocycles. The van der Waals surface area contributed by atoms with Gasteiger partial charge in [-0.25, -0.2) is 9.82 Å². The van der Waals surface area contributed by atoms with Crippen molar-refractivity contribution in [1.82, 2.24) is 5.43 Å². The highest BCUT2D eigenvalue weighted by atomic mass is 32.1. The third-order valence-corrected chi connectivity index (χ3v) is 5.58. The molecule has 142 valence electrons. The first-order valence-electron chi connectivity index (χ1n) is 8.99. The van der Waals surface area contributed by atoms with Crippen LogP contribution in [0, 0.1) is 5.82 Å². The largest absolute Gasteiger partial charge is 0.313 e. The Kier molecular flexibility index (Phi) is 6.01. The predicted octanol–water partition coefficient (Wildman–Crippen LogP) is 4.53. The van der Waals surface area contributed by atoms with Crippen LogP contribution < -0.4 is 10.7 Å². The van der Waals surface area contributed by atoms with Gasteiger partial charge < -0.3 is 5.32 Å². The SMILES string of the molecule is CC(C)=NNC(=O)c1c(NC(=O)c2ccccc2F)sc2c1CCCCC2. The topological polar surface area (TPSA) is 70.6 Å². The lowest BCUT2D eigenvalue weighted by atomic mass is 10.0. The molecule has 0 aliphatic heterocycles. The van der Waals surface area contributed by atoms with Crippen LogP contribution in [0.1, 0.15) is 64.3 Å². The zero-order valence-electron chi connectivity index (χ0n) is 15.4. The lowest BCUT2D eigenvalue weighted by Crippen LogP contribution is -2.22. The second-order valence-corrected chi connectivity index (χ2v) is 7.81. The standard InChI is InChI=1S/C20H22FN3O2S/c1-12(2)23-24-19(26)17-14-9-4-3-5-11-16(14)27-20(17)22-18(25)13-8-6-7-10-15(13)21/h6-8,10H,3-5,9,11H2,1-2H3,(H,22,25)(H,24,26). The van der Waals surface area contributed by atoms with Crippen molar-refractivity contribution in [2.45, 2.75) is 46.0 Å². The molecule has 0 saturated heterocycles. The highest BCUT2D eigenvalue weighted by Crippen LogP contribution is 2.37. The Bertz CT molecular complexity index is 901. The van der Waals surface area contributed by atoms with Gasteiger partial charge in [0, 0.05) is 10.6 Å². The second-order valence-electron chi connectivity index (χ2n) is 6.70. The molecule has 0 bridgehead atoms. The molecule has 0 saturated carbocycles. The number of hydrazone groups is 1. The minimum Gasteiger partial charge on any atom is -0.313 e. The molecule has 5 nitrogen and oxygen atoms in total. The monoisotopic (exact) mass is 387 g/mol. The van der Waals surface area contributed by atoms with E-state index in [9.17, 15) is 14.0 Å². The van der Waals surface area contributed by atoms with Crippen molar-refractivity contribution >= 4 is 33.9 Å². The van der Waals surface area contributed by atoms with Crippen LogP contribution >= 0.6 is 11.3 Å². The summed E-state index contributed by atoms with van der Waals surface area (Å²) < 4.78 is 13.9. The third kappa shape index (κ3) is 4.42. The van der Waals surface area contributed by atoms with E-state index in [0.717, 1.165) is 48.3 Å². The Morgan fingerprint density at radius 2 is 1.81 bits per heavy atom. The third-order valence-electron chi connectivity index (χ3n) is 4.37. The first-order valence-corrected chi connectivity index (χ1v) is 9.80. The van der Waals surface area contributed by atoms with E-state index < -0.39 is 11.7 Å². The smallest absolute Gasteiger partial charge is 0.274 e. The number of amides is 2. The summed E-state index contributed by atoms with van der Waals surface area (Å²) in [7, 11) is 0. The number of halogens is 1. The molecule has 7 heteroatoms. The van der Waals surface area contributed by atoms with Crippen molar-refractivity contribution in [2.75, 3.05) is 5.32 Å². The Hall–Kier alpha value is -2.54. The number of benzene rings is 1. The van der Waals surface area contributed by atoms with Crippen LogP contribution in [0.3, 0.4) is 0 Å². The van der Waals surface area contributed by atoms with Crippen LogP contribution in [0.2, 0.25) is 0 Å². The molecule has 3 rings (SSSR count). The maximum Gasteiger partial charge on any atom is 0.274 e. The predicted molar refractivity (Wildman–Crippen MR) is 106 cm³/mol. The van der Waals surface area contributed by atoms with E-state index >= 15 is 0 Å². The Morgan fingerprint density at radius 1 is 1.07 bits per heavy atom. The number of nitrogens with one attached hydrogen (secondary N) is 2. The minimum atomic E-state index is -0.592. The molecular formula is C20H22FN3O2S. The van der Waals surface area contributed by atoms with Crippen LogP contribution in [0.25, 0.3) is 0 Å². The number of thiophene rings is 1. The Balaban J connectivity index is 1.96. The highest BCUT2D eigenvalue weighted by molar-refractivity contribution is 7.17. The Labute approximate surface area is 161 Å². The van der Waals surface area contributed by atoms with Gasteiger partial charge in [-0.05, 0) is 57.2 Å². The van der Waals surface area contributed by atoms with Gasteiger partial charge in [0.15, 0.2) is 0 Å². The van der Waals surface area contributed by atoms with Crippen LogP contribution in [0.15, 0.2) is 29.4 Å². The fraction of sp³-hybridized carbons (Fsp3) is 0.350.